The quantitative estimate of drug-likeness (QED) is 0.250. The molecule has 3 aromatic carbocycles. The molecule has 0 bridgehead atoms. The average molecular weight is 562 g/mol. The molecule has 3 nitrogen and oxygen atoms in total. The molecule has 1 aromatic heterocycles. The van der Waals surface area contributed by atoms with Gasteiger partial charge < -0.3 is 0 Å². The minimum absolute atomic E-state index is 0.0650. The fourth-order valence-corrected chi connectivity index (χ4v) is 5.96. The number of hydrogen-bond acceptors (Lipinski definition) is 3. The van der Waals surface area contributed by atoms with Gasteiger partial charge in [-0.3, -0.25) is 0 Å². The van der Waals surface area contributed by atoms with Crippen LogP contribution in [0.15, 0.2) is 36.4 Å². The smallest absolute Gasteiger partial charge is 0.164 e. The maximum atomic E-state index is 5.22. The van der Waals surface area contributed by atoms with Gasteiger partial charge in [-0.1, -0.05) is 98.7 Å². The van der Waals surface area contributed by atoms with Gasteiger partial charge in [0.1, 0.15) is 0 Å². The Labute approximate surface area is 255 Å². The first-order valence-electron chi connectivity index (χ1n) is 15.3. The first-order chi connectivity index (χ1) is 19.2. The van der Waals surface area contributed by atoms with E-state index in [-0.39, 0.29) is 16.2 Å². The fourth-order valence-electron chi connectivity index (χ4n) is 5.96. The molecule has 0 saturated carbocycles. The van der Waals surface area contributed by atoms with Crippen LogP contribution in [0.1, 0.15) is 112 Å². The summed E-state index contributed by atoms with van der Waals surface area (Å²) in [5.41, 5.74) is 14.6. The Kier molecular flexibility index (Phi) is 8.08. The second kappa shape index (κ2) is 10.7. The van der Waals surface area contributed by atoms with Gasteiger partial charge in [0.05, 0.1) is 0 Å². The van der Waals surface area contributed by atoms with Crippen LogP contribution in [-0.2, 0) is 16.2 Å². The van der Waals surface area contributed by atoms with Gasteiger partial charge in [-0.05, 0) is 108 Å². The fraction of sp³-hybridized carbons (Fsp3) is 0.462. The molecular formula is C39H51N3. The highest BCUT2D eigenvalue weighted by Gasteiger charge is 2.24. The van der Waals surface area contributed by atoms with Crippen molar-refractivity contribution in [1.82, 2.24) is 15.0 Å². The van der Waals surface area contributed by atoms with Gasteiger partial charge in [-0.15, -0.1) is 0 Å². The van der Waals surface area contributed by atoms with Crippen LogP contribution in [0, 0.1) is 41.5 Å². The van der Waals surface area contributed by atoms with Crippen molar-refractivity contribution in [1.29, 1.82) is 0 Å². The summed E-state index contributed by atoms with van der Waals surface area (Å²) in [5, 5.41) is 0. The van der Waals surface area contributed by atoms with E-state index in [0.29, 0.717) is 0 Å². The van der Waals surface area contributed by atoms with Crippen LogP contribution >= 0.6 is 0 Å². The molecule has 0 fully saturated rings. The van der Waals surface area contributed by atoms with Gasteiger partial charge in [0.2, 0.25) is 0 Å². The lowest BCUT2D eigenvalue weighted by molar-refractivity contribution is 0.589. The second-order valence-electron chi connectivity index (χ2n) is 15.5. The number of benzene rings is 3. The van der Waals surface area contributed by atoms with E-state index in [0.717, 1.165) is 34.2 Å². The summed E-state index contributed by atoms with van der Waals surface area (Å²) in [6.07, 6.45) is 0. The third-order valence-electron chi connectivity index (χ3n) is 8.50. The molecule has 0 saturated heterocycles. The van der Waals surface area contributed by atoms with E-state index in [1.165, 1.54) is 50.1 Å². The molecule has 1 heterocycles. The Morgan fingerprint density at radius 1 is 0.333 bits per heavy atom. The highest BCUT2D eigenvalue weighted by Crippen LogP contribution is 2.37. The molecule has 0 unspecified atom stereocenters. The number of rotatable bonds is 3. The van der Waals surface area contributed by atoms with Crippen molar-refractivity contribution in [2.24, 2.45) is 0 Å². The molecule has 0 spiro atoms. The average Bonchev–Trinajstić information content (AvgIpc) is 2.81. The van der Waals surface area contributed by atoms with Gasteiger partial charge >= 0.3 is 0 Å². The molecule has 4 aromatic rings. The van der Waals surface area contributed by atoms with Crippen LogP contribution in [-0.4, -0.2) is 15.0 Å². The molecular weight excluding hydrogens is 510 g/mol. The lowest BCUT2D eigenvalue weighted by Gasteiger charge is -2.24. The third-order valence-corrected chi connectivity index (χ3v) is 8.50. The molecule has 0 aliphatic rings. The minimum atomic E-state index is 0.0650. The van der Waals surface area contributed by atoms with Gasteiger partial charge in [-0.25, -0.2) is 15.0 Å². The molecule has 4 rings (SSSR count). The number of nitrogens with zero attached hydrogens (tertiary/aromatic N) is 3. The zero-order chi connectivity index (χ0) is 31.5. The van der Waals surface area contributed by atoms with Crippen molar-refractivity contribution in [2.75, 3.05) is 0 Å². The summed E-state index contributed by atoms with van der Waals surface area (Å²) >= 11 is 0. The Bertz CT molecular complexity index is 1390. The van der Waals surface area contributed by atoms with Crippen molar-refractivity contribution < 1.29 is 0 Å². The SMILES string of the molecule is Cc1cc(C(C)(C)C)cc(C)c1-c1nc(-c2c(C)cc(C(C)(C)C)cc2C)nc(-c2c(C)cc(C(C)(C)C)cc2C)n1. The van der Waals surface area contributed by atoms with E-state index in [1.54, 1.807) is 0 Å². The van der Waals surface area contributed by atoms with E-state index < -0.39 is 0 Å². The number of aromatic nitrogens is 3. The summed E-state index contributed by atoms with van der Waals surface area (Å²) < 4.78 is 0. The summed E-state index contributed by atoms with van der Waals surface area (Å²) in [7, 11) is 0. The number of hydrogen-bond donors (Lipinski definition) is 0. The standard InChI is InChI=1S/C39H51N3/c1-22-16-28(37(7,8)9)17-23(2)31(22)34-40-35(32-24(3)18-29(19-25(32)4)38(10,11)12)42-36(41-34)33-26(5)20-30(21-27(33)6)39(13,14)15/h16-21H,1-15H3. The summed E-state index contributed by atoms with van der Waals surface area (Å²) in [5.74, 6) is 2.22. The van der Waals surface area contributed by atoms with Gasteiger partial charge in [-0.2, -0.15) is 0 Å². The first-order valence-corrected chi connectivity index (χ1v) is 15.3. The van der Waals surface area contributed by atoms with Crippen LogP contribution in [0.4, 0.5) is 0 Å². The first kappa shape index (κ1) is 31.6. The zero-order valence-electron chi connectivity index (χ0n) is 28.8. The van der Waals surface area contributed by atoms with Crippen molar-refractivity contribution in [2.45, 2.75) is 120 Å². The Balaban J connectivity index is 2.06. The summed E-state index contributed by atoms with van der Waals surface area (Å²) in [4.78, 5) is 15.7. The monoisotopic (exact) mass is 561 g/mol. The minimum Gasteiger partial charge on any atom is -0.208 e. The molecule has 0 N–H and O–H groups in total. The molecule has 222 valence electrons. The van der Waals surface area contributed by atoms with Crippen molar-refractivity contribution in [3.63, 3.8) is 0 Å². The van der Waals surface area contributed by atoms with E-state index in [1.807, 2.05) is 0 Å². The predicted molar refractivity (Wildman–Crippen MR) is 181 cm³/mol. The summed E-state index contributed by atoms with van der Waals surface area (Å²) in [6.45, 7) is 33.5. The lowest BCUT2D eigenvalue weighted by Crippen LogP contribution is -2.14. The summed E-state index contributed by atoms with van der Waals surface area (Å²) in [6, 6.07) is 13.8. The van der Waals surface area contributed by atoms with E-state index >= 15 is 0 Å². The van der Waals surface area contributed by atoms with Gasteiger partial charge in [0, 0.05) is 16.7 Å². The third kappa shape index (κ3) is 6.21. The predicted octanol–water partition coefficient (Wildman–Crippen LogP) is 10.6. The highest BCUT2D eigenvalue weighted by atomic mass is 15.0. The van der Waals surface area contributed by atoms with Crippen molar-refractivity contribution in [3.05, 3.63) is 86.5 Å². The van der Waals surface area contributed by atoms with Gasteiger partial charge in [0.25, 0.3) is 0 Å². The zero-order valence-corrected chi connectivity index (χ0v) is 28.8. The second-order valence-corrected chi connectivity index (χ2v) is 15.5. The van der Waals surface area contributed by atoms with Gasteiger partial charge in [0.15, 0.2) is 17.5 Å². The Hall–Kier alpha value is -3.33. The van der Waals surface area contributed by atoms with E-state index in [9.17, 15) is 0 Å². The largest absolute Gasteiger partial charge is 0.208 e. The maximum absolute atomic E-state index is 5.22. The molecule has 0 amide bonds. The van der Waals surface area contributed by atoms with Crippen molar-refractivity contribution in [3.8, 4) is 34.2 Å². The molecule has 0 aliphatic carbocycles. The van der Waals surface area contributed by atoms with Crippen LogP contribution < -0.4 is 0 Å². The molecule has 42 heavy (non-hydrogen) atoms. The Morgan fingerprint density at radius 3 is 0.643 bits per heavy atom. The van der Waals surface area contributed by atoms with E-state index in [4.69, 9.17) is 15.0 Å². The molecule has 0 aliphatic heterocycles. The molecule has 3 heteroatoms. The van der Waals surface area contributed by atoms with Crippen LogP contribution in [0.3, 0.4) is 0 Å². The van der Waals surface area contributed by atoms with Crippen LogP contribution in [0.25, 0.3) is 34.2 Å². The Morgan fingerprint density at radius 2 is 0.500 bits per heavy atom. The highest BCUT2D eigenvalue weighted by molar-refractivity contribution is 5.75. The van der Waals surface area contributed by atoms with Crippen LogP contribution in [0.5, 0.6) is 0 Å². The van der Waals surface area contributed by atoms with Crippen LogP contribution in [0.2, 0.25) is 0 Å². The lowest BCUT2D eigenvalue weighted by atomic mass is 9.83. The number of aryl methyl sites for hydroxylation is 6. The normalized spacial score (nSPS) is 12.6. The maximum Gasteiger partial charge on any atom is 0.164 e. The van der Waals surface area contributed by atoms with E-state index in [2.05, 4.69) is 140 Å². The molecule has 0 radical (unpaired) electrons. The van der Waals surface area contributed by atoms with Crippen molar-refractivity contribution >= 4 is 0 Å². The molecule has 0 atom stereocenters. The topological polar surface area (TPSA) is 38.7 Å².